The number of carbonyl (C=O) groups is 1. The van der Waals surface area contributed by atoms with Gasteiger partial charge in [0, 0.05) is 18.2 Å². The van der Waals surface area contributed by atoms with E-state index in [2.05, 4.69) is 18.3 Å². The minimum absolute atomic E-state index is 0.00209. The largest absolute Gasteiger partial charge is 0.457 e. The van der Waals surface area contributed by atoms with E-state index in [0.717, 1.165) is 18.5 Å². The van der Waals surface area contributed by atoms with Crippen LogP contribution in [0.1, 0.15) is 30.7 Å². The highest BCUT2D eigenvalue weighted by molar-refractivity contribution is 8.00. The Morgan fingerprint density at radius 3 is 2.75 bits per heavy atom. The second-order valence-corrected chi connectivity index (χ2v) is 9.04. The summed E-state index contributed by atoms with van der Waals surface area (Å²) in [6.45, 7) is 3.18. The Morgan fingerprint density at radius 2 is 2.00 bits per heavy atom. The van der Waals surface area contributed by atoms with Gasteiger partial charge < -0.3 is 15.0 Å². The molecule has 7 heteroatoms. The maximum Gasteiger partial charge on any atom is 0.234 e. The highest BCUT2D eigenvalue weighted by Crippen LogP contribution is 2.42. The number of nitrogens with one attached hydrogen (secondary N) is 1. The van der Waals surface area contributed by atoms with Gasteiger partial charge in [0.25, 0.3) is 0 Å². The maximum absolute atomic E-state index is 12.6. The molecule has 1 N–H and O–H groups in total. The number of benzene rings is 2. The smallest absolute Gasteiger partial charge is 0.234 e. The van der Waals surface area contributed by atoms with Crippen molar-refractivity contribution in [2.45, 2.75) is 37.2 Å². The summed E-state index contributed by atoms with van der Waals surface area (Å²) in [5.74, 6) is 2.05. The molecule has 0 bridgehead atoms. The maximum atomic E-state index is 12.6. The number of hydrogen-bond acceptors (Lipinski definition) is 4. The third kappa shape index (κ3) is 4.13. The van der Waals surface area contributed by atoms with E-state index in [1.165, 1.54) is 6.42 Å². The van der Waals surface area contributed by atoms with Crippen LogP contribution in [0.3, 0.4) is 0 Å². The van der Waals surface area contributed by atoms with Crippen molar-refractivity contribution in [1.82, 2.24) is 10.2 Å². The van der Waals surface area contributed by atoms with Crippen LogP contribution in [0.4, 0.5) is 0 Å². The summed E-state index contributed by atoms with van der Waals surface area (Å²) in [5.41, 5.74) is 1.07. The number of nitrogens with zero attached hydrogens (tertiary/aromatic N) is 1. The molecule has 0 radical (unpaired) electrons. The quantitative estimate of drug-likeness (QED) is 0.671. The molecule has 4 rings (SSSR count). The van der Waals surface area contributed by atoms with E-state index in [9.17, 15) is 4.79 Å². The zero-order valence-electron chi connectivity index (χ0n) is 15.5. The van der Waals surface area contributed by atoms with Crippen molar-refractivity contribution >= 4 is 40.9 Å². The van der Waals surface area contributed by atoms with E-state index in [-0.39, 0.29) is 17.3 Å². The van der Waals surface area contributed by atoms with Crippen LogP contribution in [0.5, 0.6) is 11.5 Å². The second-order valence-electron chi connectivity index (χ2n) is 7.16. The Morgan fingerprint density at radius 1 is 1.18 bits per heavy atom. The minimum atomic E-state index is 0.00209. The van der Waals surface area contributed by atoms with Crippen molar-refractivity contribution in [1.29, 1.82) is 0 Å². The predicted molar refractivity (Wildman–Crippen MR) is 116 cm³/mol. The van der Waals surface area contributed by atoms with E-state index in [4.69, 9.17) is 27.9 Å². The topological polar surface area (TPSA) is 41.6 Å². The summed E-state index contributed by atoms with van der Waals surface area (Å²) in [6, 6.07) is 13.6. The summed E-state index contributed by atoms with van der Waals surface area (Å²) in [6.07, 6.45) is 2.28. The number of ether oxygens (including phenoxy) is 1. The monoisotopic (exact) mass is 436 g/mol. The second kappa shape index (κ2) is 8.54. The lowest BCUT2D eigenvalue weighted by molar-refractivity contribution is -0.130. The lowest BCUT2D eigenvalue weighted by atomic mass is 10.1. The number of halogens is 2. The lowest BCUT2D eigenvalue weighted by Gasteiger charge is -2.34. The van der Waals surface area contributed by atoms with E-state index < -0.39 is 0 Å². The van der Waals surface area contributed by atoms with Crippen molar-refractivity contribution in [3.63, 3.8) is 0 Å². The molecule has 2 heterocycles. The molecule has 1 amide bonds. The first-order valence-corrected chi connectivity index (χ1v) is 11.2. The van der Waals surface area contributed by atoms with E-state index in [1.807, 2.05) is 23.1 Å². The van der Waals surface area contributed by atoms with Gasteiger partial charge in [-0.2, -0.15) is 0 Å². The van der Waals surface area contributed by atoms with Crippen LogP contribution in [0.2, 0.25) is 10.0 Å². The molecule has 2 aliphatic heterocycles. The number of amides is 1. The Hall–Kier alpha value is -1.40. The molecule has 4 nitrogen and oxygen atoms in total. The zero-order chi connectivity index (χ0) is 19.7. The van der Waals surface area contributed by atoms with Crippen LogP contribution >= 0.6 is 35.0 Å². The van der Waals surface area contributed by atoms with Crippen LogP contribution in [0.15, 0.2) is 42.5 Å². The summed E-state index contributed by atoms with van der Waals surface area (Å²) in [7, 11) is 0. The zero-order valence-corrected chi connectivity index (χ0v) is 17.9. The van der Waals surface area contributed by atoms with Crippen molar-refractivity contribution in [3.05, 3.63) is 58.1 Å². The fourth-order valence-corrected chi connectivity index (χ4v) is 5.41. The Bertz CT molecular complexity index is 873. The van der Waals surface area contributed by atoms with Gasteiger partial charge in [-0.15, -0.1) is 11.8 Å². The molecule has 3 unspecified atom stereocenters. The molecule has 2 aliphatic rings. The average molecular weight is 437 g/mol. The average Bonchev–Trinajstić information content (AvgIpc) is 3.34. The van der Waals surface area contributed by atoms with Gasteiger partial charge in [-0.25, -0.2) is 0 Å². The van der Waals surface area contributed by atoms with Crippen molar-refractivity contribution in [2.24, 2.45) is 0 Å². The standard InChI is InChI=1S/C21H22Cl2N2O2S/c1-13(19-6-3-9-24-19)25-20(26)12-28-21(25)14-4-2-5-15(10-14)27-16-7-8-17(22)18(23)11-16/h2,4-5,7-8,10-11,13,19,21,24H,3,6,9,12H2,1H3. The number of rotatable bonds is 5. The molecule has 2 fully saturated rings. The first kappa shape index (κ1) is 19.9. The third-order valence-corrected chi connectivity index (χ3v) is 7.26. The third-order valence-electron chi connectivity index (χ3n) is 5.29. The molecular formula is C21H22Cl2N2O2S. The predicted octanol–water partition coefficient (Wildman–Crippen LogP) is 5.50. The van der Waals surface area contributed by atoms with Crippen molar-refractivity contribution in [3.8, 4) is 11.5 Å². The van der Waals surface area contributed by atoms with Crippen LogP contribution in [-0.2, 0) is 4.79 Å². The highest BCUT2D eigenvalue weighted by Gasteiger charge is 2.39. The van der Waals surface area contributed by atoms with Gasteiger partial charge in [0.05, 0.1) is 15.8 Å². The highest BCUT2D eigenvalue weighted by atomic mass is 35.5. The van der Waals surface area contributed by atoms with Crippen LogP contribution < -0.4 is 10.1 Å². The SMILES string of the molecule is CC(C1CCCN1)N1C(=O)CSC1c1cccc(Oc2ccc(Cl)c(Cl)c2)c1. The molecule has 3 atom stereocenters. The number of thioether (sulfide) groups is 1. The summed E-state index contributed by atoms with van der Waals surface area (Å²) in [4.78, 5) is 14.7. The van der Waals surface area contributed by atoms with Gasteiger partial charge in [0.15, 0.2) is 0 Å². The van der Waals surface area contributed by atoms with Crippen molar-refractivity contribution < 1.29 is 9.53 Å². The molecule has 148 valence electrons. The van der Waals surface area contributed by atoms with E-state index in [1.54, 1.807) is 30.0 Å². The van der Waals surface area contributed by atoms with Gasteiger partial charge in [-0.1, -0.05) is 35.3 Å². The first-order valence-electron chi connectivity index (χ1n) is 9.42. The molecule has 2 aromatic carbocycles. The first-order chi connectivity index (χ1) is 13.5. The summed E-state index contributed by atoms with van der Waals surface area (Å²) < 4.78 is 5.97. The van der Waals surface area contributed by atoms with Gasteiger partial charge in [0.2, 0.25) is 5.91 Å². The number of carbonyl (C=O) groups excluding carboxylic acids is 1. The fourth-order valence-electron chi connectivity index (χ4n) is 3.86. The molecule has 0 saturated carbocycles. The molecule has 2 aromatic rings. The molecular weight excluding hydrogens is 415 g/mol. The Labute approximate surface area is 179 Å². The summed E-state index contributed by atoms with van der Waals surface area (Å²) >= 11 is 13.7. The van der Waals surface area contributed by atoms with Crippen molar-refractivity contribution in [2.75, 3.05) is 12.3 Å². The Kier molecular flexibility index (Phi) is 6.07. The normalized spacial score (nSPS) is 23.2. The van der Waals surface area contributed by atoms with Gasteiger partial charge >= 0.3 is 0 Å². The fraction of sp³-hybridized carbons (Fsp3) is 0.381. The minimum Gasteiger partial charge on any atom is -0.457 e. The van der Waals surface area contributed by atoms with Gasteiger partial charge in [-0.3, -0.25) is 4.79 Å². The van der Waals surface area contributed by atoms with Crippen LogP contribution in [0, 0.1) is 0 Å². The lowest BCUT2D eigenvalue weighted by Crippen LogP contribution is -2.47. The Balaban J connectivity index is 1.55. The molecule has 28 heavy (non-hydrogen) atoms. The van der Waals surface area contributed by atoms with Crippen LogP contribution in [-0.4, -0.2) is 35.2 Å². The summed E-state index contributed by atoms with van der Waals surface area (Å²) in [5, 5.41) is 4.48. The van der Waals surface area contributed by atoms with Gasteiger partial charge in [0.1, 0.15) is 16.9 Å². The molecule has 0 spiro atoms. The van der Waals surface area contributed by atoms with Crippen LogP contribution in [0.25, 0.3) is 0 Å². The molecule has 0 aliphatic carbocycles. The molecule has 0 aromatic heterocycles. The number of hydrogen-bond donors (Lipinski definition) is 1. The van der Waals surface area contributed by atoms with E-state index in [0.29, 0.717) is 33.3 Å². The van der Waals surface area contributed by atoms with Gasteiger partial charge in [-0.05, 0) is 56.1 Å². The molecule has 2 saturated heterocycles. The van der Waals surface area contributed by atoms with E-state index >= 15 is 0 Å².